The summed E-state index contributed by atoms with van der Waals surface area (Å²) in [7, 11) is 0. The van der Waals surface area contributed by atoms with Crippen molar-refractivity contribution in [1.29, 1.82) is 10.5 Å². The van der Waals surface area contributed by atoms with Gasteiger partial charge in [-0.3, -0.25) is 0 Å². The second kappa shape index (κ2) is 10.0. The van der Waals surface area contributed by atoms with E-state index in [9.17, 15) is 10.5 Å². The Morgan fingerprint density at radius 3 is 2.03 bits per heavy atom. The van der Waals surface area contributed by atoms with Crippen LogP contribution in [-0.2, 0) is 24.7 Å². The number of halogens is 1. The van der Waals surface area contributed by atoms with Gasteiger partial charge in [0.25, 0.3) is 0 Å². The van der Waals surface area contributed by atoms with Crippen LogP contribution in [0.5, 0.6) is 0 Å². The zero-order chi connectivity index (χ0) is 23.5. The van der Waals surface area contributed by atoms with Crippen molar-refractivity contribution in [3.05, 3.63) is 68.2 Å². The zero-order valence-electron chi connectivity index (χ0n) is 20.1. The molecule has 2 aromatic carbocycles. The molecule has 2 nitrogen and oxygen atoms in total. The first-order valence-corrected chi connectivity index (χ1v) is 13.5. The van der Waals surface area contributed by atoms with Crippen molar-refractivity contribution >= 4 is 15.9 Å². The highest BCUT2D eigenvalue weighted by Crippen LogP contribution is 2.60. The number of nitriles is 2. The van der Waals surface area contributed by atoms with Crippen molar-refractivity contribution in [3.8, 4) is 12.1 Å². The first kappa shape index (κ1) is 24.0. The molecule has 0 aromatic heterocycles. The van der Waals surface area contributed by atoms with Gasteiger partial charge in [-0.15, -0.1) is 0 Å². The Balaban J connectivity index is 1.57. The smallest absolute Gasteiger partial charge is 0.101 e. The Kier molecular flexibility index (Phi) is 7.31. The molecule has 33 heavy (non-hydrogen) atoms. The van der Waals surface area contributed by atoms with Gasteiger partial charge in [0.1, 0.15) is 12.1 Å². The molecule has 0 aliphatic heterocycles. The standard InChI is InChI=1S/C30H35BrN2/c1-3-5-24-9-7-22(19-28(24)31)6-8-23-10-11-27(26(21-33)25(23)20-32)30-16-13-29(12-4-2,14-17-30)15-18-30/h7,9-11,19H,3-6,8,12-18H2,1-2H3. The number of rotatable bonds is 8. The Morgan fingerprint density at radius 1 is 0.788 bits per heavy atom. The first-order valence-electron chi connectivity index (χ1n) is 12.7. The number of fused-ring (bicyclic) bond motifs is 3. The maximum atomic E-state index is 10.1. The van der Waals surface area contributed by atoms with Gasteiger partial charge in [0, 0.05) is 4.47 Å². The highest BCUT2D eigenvalue weighted by atomic mass is 79.9. The third kappa shape index (κ3) is 4.63. The third-order valence-corrected chi connectivity index (χ3v) is 9.33. The Morgan fingerprint density at radius 2 is 1.45 bits per heavy atom. The number of benzene rings is 2. The van der Waals surface area contributed by atoms with Crippen molar-refractivity contribution in [3.63, 3.8) is 0 Å². The molecule has 0 radical (unpaired) electrons. The summed E-state index contributed by atoms with van der Waals surface area (Å²) >= 11 is 3.71. The van der Waals surface area contributed by atoms with Crippen molar-refractivity contribution in [2.75, 3.05) is 0 Å². The van der Waals surface area contributed by atoms with E-state index in [1.165, 1.54) is 67.0 Å². The number of nitrogens with zero attached hydrogens (tertiary/aromatic N) is 2. The van der Waals surface area contributed by atoms with Gasteiger partial charge in [-0.1, -0.05) is 66.9 Å². The minimum absolute atomic E-state index is 0.102. The molecule has 3 heteroatoms. The summed E-state index contributed by atoms with van der Waals surface area (Å²) in [5, 5.41) is 20.2. The lowest BCUT2D eigenvalue weighted by Gasteiger charge is -2.54. The molecule has 0 unspecified atom stereocenters. The van der Waals surface area contributed by atoms with E-state index in [2.05, 4.69) is 72.2 Å². The van der Waals surface area contributed by atoms with Crippen LogP contribution in [0.15, 0.2) is 34.8 Å². The third-order valence-electron chi connectivity index (χ3n) is 8.59. The van der Waals surface area contributed by atoms with Gasteiger partial charge in [-0.25, -0.2) is 0 Å². The molecule has 0 amide bonds. The van der Waals surface area contributed by atoms with Gasteiger partial charge >= 0.3 is 0 Å². The van der Waals surface area contributed by atoms with E-state index in [1.54, 1.807) is 0 Å². The SMILES string of the molecule is CCCc1ccc(CCc2ccc(C34CCC(CCC)(CC3)CC4)c(C#N)c2C#N)cc1Br. The van der Waals surface area contributed by atoms with Crippen LogP contribution in [0, 0.1) is 28.1 Å². The lowest BCUT2D eigenvalue weighted by Crippen LogP contribution is -2.44. The summed E-state index contributed by atoms with van der Waals surface area (Å²) in [6, 6.07) is 15.8. The summed E-state index contributed by atoms with van der Waals surface area (Å²) in [5.74, 6) is 0. The summed E-state index contributed by atoms with van der Waals surface area (Å²) in [6.45, 7) is 4.50. The van der Waals surface area contributed by atoms with Gasteiger partial charge in [-0.05, 0) is 103 Å². The molecule has 3 saturated carbocycles. The molecular weight excluding hydrogens is 468 g/mol. The molecule has 2 bridgehead atoms. The van der Waals surface area contributed by atoms with Crippen LogP contribution >= 0.6 is 15.9 Å². The van der Waals surface area contributed by atoms with Crippen LogP contribution in [0.2, 0.25) is 0 Å². The van der Waals surface area contributed by atoms with Gasteiger partial charge in [-0.2, -0.15) is 10.5 Å². The van der Waals surface area contributed by atoms with Gasteiger partial charge in [0.2, 0.25) is 0 Å². The average Bonchev–Trinajstić information content (AvgIpc) is 2.84. The zero-order valence-corrected chi connectivity index (χ0v) is 21.7. The Hall–Kier alpha value is -2.10. The average molecular weight is 504 g/mol. The summed E-state index contributed by atoms with van der Waals surface area (Å²) in [5.41, 5.74) is 6.68. The maximum absolute atomic E-state index is 10.1. The number of aryl methyl sites for hydroxylation is 3. The lowest BCUT2D eigenvalue weighted by atomic mass is 9.50. The van der Waals surface area contributed by atoms with Gasteiger partial charge in [0.05, 0.1) is 11.1 Å². The molecular formula is C30H35BrN2. The van der Waals surface area contributed by atoms with Crippen molar-refractivity contribution < 1.29 is 0 Å². The van der Waals surface area contributed by atoms with Crippen LogP contribution in [0.3, 0.4) is 0 Å². The lowest BCUT2D eigenvalue weighted by molar-refractivity contribution is 0.0319. The largest absolute Gasteiger partial charge is 0.192 e. The highest BCUT2D eigenvalue weighted by Gasteiger charge is 2.49. The van der Waals surface area contributed by atoms with E-state index in [4.69, 9.17) is 0 Å². The minimum atomic E-state index is 0.102. The highest BCUT2D eigenvalue weighted by molar-refractivity contribution is 9.10. The first-order chi connectivity index (χ1) is 16.0. The van der Waals surface area contributed by atoms with Crippen LogP contribution in [0.4, 0.5) is 0 Å². The Bertz CT molecular complexity index is 1080. The van der Waals surface area contributed by atoms with E-state index >= 15 is 0 Å². The molecule has 0 spiro atoms. The number of hydrogen-bond acceptors (Lipinski definition) is 2. The van der Waals surface area contributed by atoms with E-state index in [-0.39, 0.29) is 5.41 Å². The van der Waals surface area contributed by atoms with Crippen molar-refractivity contribution in [1.82, 2.24) is 0 Å². The topological polar surface area (TPSA) is 47.6 Å². The van der Waals surface area contributed by atoms with Crippen molar-refractivity contribution in [2.24, 2.45) is 5.41 Å². The van der Waals surface area contributed by atoms with Crippen LogP contribution in [0.25, 0.3) is 0 Å². The molecule has 0 atom stereocenters. The van der Waals surface area contributed by atoms with E-state index in [0.717, 1.165) is 36.8 Å². The summed E-state index contributed by atoms with van der Waals surface area (Å²) in [6.07, 6.45) is 13.8. The fourth-order valence-corrected chi connectivity index (χ4v) is 7.23. The van der Waals surface area contributed by atoms with Gasteiger partial charge in [0.15, 0.2) is 0 Å². The molecule has 0 saturated heterocycles. The van der Waals surface area contributed by atoms with Crippen LogP contribution in [-0.4, -0.2) is 0 Å². The quantitative estimate of drug-likeness (QED) is 0.364. The van der Waals surface area contributed by atoms with Crippen LogP contribution in [0.1, 0.15) is 105 Å². The summed E-state index contributed by atoms with van der Waals surface area (Å²) < 4.78 is 1.17. The monoisotopic (exact) mass is 502 g/mol. The second-order valence-electron chi connectivity index (χ2n) is 10.5. The molecule has 3 aliphatic rings. The summed E-state index contributed by atoms with van der Waals surface area (Å²) in [4.78, 5) is 0. The van der Waals surface area contributed by atoms with E-state index in [1.807, 2.05) is 0 Å². The fourth-order valence-electron chi connectivity index (χ4n) is 6.61. The van der Waals surface area contributed by atoms with Gasteiger partial charge < -0.3 is 0 Å². The van der Waals surface area contributed by atoms with Crippen molar-refractivity contribution in [2.45, 2.75) is 96.3 Å². The second-order valence-corrected chi connectivity index (χ2v) is 11.3. The van der Waals surface area contributed by atoms with E-state index < -0.39 is 0 Å². The number of hydrogen-bond donors (Lipinski definition) is 0. The molecule has 3 aliphatic carbocycles. The molecule has 3 fully saturated rings. The predicted molar refractivity (Wildman–Crippen MR) is 138 cm³/mol. The van der Waals surface area contributed by atoms with Crippen LogP contribution < -0.4 is 0 Å². The fraction of sp³-hybridized carbons (Fsp3) is 0.533. The Labute approximate surface area is 208 Å². The normalized spacial score (nSPS) is 23.8. The van der Waals surface area contributed by atoms with E-state index in [0.29, 0.717) is 16.5 Å². The molecule has 2 aromatic rings. The maximum Gasteiger partial charge on any atom is 0.101 e. The minimum Gasteiger partial charge on any atom is -0.192 e. The molecule has 172 valence electrons. The predicted octanol–water partition coefficient (Wildman–Crippen LogP) is 8.32. The molecule has 5 rings (SSSR count). The molecule has 0 N–H and O–H groups in total. The molecule has 0 heterocycles.